The highest BCUT2D eigenvalue weighted by molar-refractivity contribution is 5.26. The molecule has 19 heavy (non-hydrogen) atoms. The average molecular weight is 257 g/mol. The van der Waals surface area contributed by atoms with Gasteiger partial charge in [-0.05, 0) is 44.6 Å². The van der Waals surface area contributed by atoms with Gasteiger partial charge in [0.15, 0.2) is 0 Å². The Morgan fingerprint density at radius 3 is 1.89 bits per heavy atom. The van der Waals surface area contributed by atoms with E-state index in [0.29, 0.717) is 11.8 Å². The summed E-state index contributed by atoms with van der Waals surface area (Å²) in [5, 5.41) is 0. The van der Waals surface area contributed by atoms with E-state index < -0.39 is 0 Å². The van der Waals surface area contributed by atoms with Crippen LogP contribution in [0, 0.1) is 0 Å². The highest BCUT2D eigenvalue weighted by Gasteiger charge is 2.36. The molecule has 4 rings (SSSR count). The fourth-order valence-corrected chi connectivity index (χ4v) is 3.29. The number of rotatable bonds is 3. The molecule has 0 amide bonds. The smallest absolute Gasteiger partial charge is 0.148 e. The molecule has 0 aromatic carbocycles. The van der Waals surface area contributed by atoms with E-state index >= 15 is 0 Å². The molecule has 0 saturated heterocycles. The third-order valence-electron chi connectivity index (χ3n) is 4.95. The molecule has 0 unspecified atom stereocenters. The van der Waals surface area contributed by atoms with E-state index in [1.165, 1.54) is 56.3 Å². The molecule has 3 saturated carbocycles. The Morgan fingerprint density at radius 2 is 1.42 bits per heavy atom. The van der Waals surface area contributed by atoms with Crippen LogP contribution in [0.15, 0.2) is 6.07 Å². The number of hydrogen-bond donors (Lipinski definition) is 1. The maximum Gasteiger partial charge on any atom is 0.148 e. The van der Waals surface area contributed by atoms with Crippen LogP contribution in [0.2, 0.25) is 0 Å². The van der Waals surface area contributed by atoms with E-state index in [9.17, 15) is 0 Å². The van der Waals surface area contributed by atoms with Gasteiger partial charge in [0, 0.05) is 23.2 Å². The van der Waals surface area contributed by atoms with Crippen LogP contribution in [0.25, 0.3) is 0 Å². The first-order chi connectivity index (χ1) is 9.24. The van der Waals surface area contributed by atoms with E-state index in [1.54, 1.807) is 0 Å². The Labute approximate surface area is 115 Å². The predicted molar refractivity (Wildman–Crippen MR) is 74.9 cm³/mol. The summed E-state index contributed by atoms with van der Waals surface area (Å²) in [7, 11) is 0. The number of nitrogens with two attached hydrogens (primary N) is 1. The van der Waals surface area contributed by atoms with Crippen molar-refractivity contribution in [3.63, 3.8) is 0 Å². The van der Waals surface area contributed by atoms with Crippen LogP contribution in [0.1, 0.15) is 86.8 Å². The molecule has 0 aliphatic heterocycles. The molecule has 102 valence electrons. The van der Waals surface area contributed by atoms with Crippen LogP contribution in [0.4, 0.5) is 0 Å². The first-order valence-electron chi connectivity index (χ1n) is 7.93. The van der Waals surface area contributed by atoms with Crippen molar-refractivity contribution >= 4 is 0 Å². The molecular weight excluding hydrogens is 234 g/mol. The van der Waals surface area contributed by atoms with Gasteiger partial charge in [-0.3, -0.25) is 0 Å². The Hall–Kier alpha value is -0.960. The highest BCUT2D eigenvalue weighted by Crippen LogP contribution is 2.44. The van der Waals surface area contributed by atoms with Gasteiger partial charge in [-0.1, -0.05) is 19.3 Å². The maximum absolute atomic E-state index is 6.63. The lowest BCUT2D eigenvalue weighted by molar-refractivity contribution is 0.285. The number of nitrogens with zero attached hydrogens (tertiary/aromatic N) is 2. The van der Waals surface area contributed by atoms with Crippen molar-refractivity contribution in [1.82, 2.24) is 9.97 Å². The molecule has 0 radical (unpaired) electrons. The lowest BCUT2D eigenvalue weighted by Crippen LogP contribution is -2.40. The molecule has 0 bridgehead atoms. The maximum atomic E-state index is 6.63. The van der Waals surface area contributed by atoms with Gasteiger partial charge in [-0.15, -0.1) is 0 Å². The van der Waals surface area contributed by atoms with Crippen molar-refractivity contribution in [3.05, 3.63) is 23.3 Å². The minimum atomic E-state index is -0.243. The van der Waals surface area contributed by atoms with Crippen molar-refractivity contribution in [1.29, 1.82) is 0 Å². The van der Waals surface area contributed by atoms with Crippen LogP contribution in [0.5, 0.6) is 0 Å². The molecule has 3 heteroatoms. The quantitative estimate of drug-likeness (QED) is 0.903. The summed E-state index contributed by atoms with van der Waals surface area (Å²) in [5.74, 6) is 2.36. The minimum absolute atomic E-state index is 0.243. The van der Waals surface area contributed by atoms with Gasteiger partial charge in [-0.2, -0.15) is 0 Å². The summed E-state index contributed by atoms with van der Waals surface area (Å²) in [4.78, 5) is 9.73. The standard InChI is InChI=1S/C16H23N3/c17-16(8-2-1-3-9-16)15-18-13(11-4-5-11)10-14(19-15)12-6-7-12/h10-12H,1-9,17H2. The van der Waals surface area contributed by atoms with E-state index in [4.69, 9.17) is 15.7 Å². The van der Waals surface area contributed by atoms with E-state index in [-0.39, 0.29) is 5.54 Å². The zero-order valence-corrected chi connectivity index (χ0v) is 11.6. The van der Waals surface area contributed by atoms with Crippen molar-refractivity contribution in [3.8, 4) is 0 Å². The zero-order chi connectivity index (χ0) is 12.9. The van der Waals surface area contributed by atoms with Crippen LogP contribution in [-0.2, 0) is 5.54 Å². The van der Waals surface area contributed by atoms with Gasteiger partial charge in [0.05, 0.1) is 5.54 Å². The molecule has 0 atom stereocenters. The molecule has 3 nitrogen and oxygen atoms in total. The van der Waals surface area contributed by atoms with Crippen molar-refractivity contribution in [2.45, 2.75) is 75.2 Å². The summed E-state index contributed by atoms with van der Waals surface area (Å²) in [6, 6.07) is 2.27. The molecule has 1 heterocycles. The topological polar surface area (TPSA) is 51.8 Å². The number of aromatic nitrogens is 2. The fourth-order valence-electron chi connectivity index (χ4n) is 3.29. The Bertz CT molecular complexity index is 453. The highest BCUT2D eigenvalue weighted by atomic mass is 15.0. The molecular formula is C16H23N3. The molecule has 3 fully saturated rings. The Balaban J connectivity index is 1.72. The third kappa shape index (κ3) is 2.29. The average Bonchev–Trinajstić information content (AvgIpc) is 3.32. The fraction of sp³-hybridized carbons (Fsp3) is 0.750. The van der Waals surface area contributed by atoms with Gasteiger partial charge in [-0.25, -0.2) is 9.97 Å². The molecule has 1 aromatic heterocycles. The summed E-state index contributed by atoms with van der Waals surface area (Å²) in [6.07, 6.45) is 11.1. The van der Waals surface area contributed by atoms with Gasteiger partial charge in [0.1, 0.15) is 5.82 Å². The molecule has 3 aliphatic carbocycles. The Morgan fingerprint density at radius 1 is 0.895 bits per heavy atom. The predicted octanol–water partition coefficient (Wildman–Crippen LogP) is 3.35. The second-order valence-corrected chi connectivity index (χ2v) is 6.81. The Kier molecular flexibility index (Phi) is 2.66. The monoisotopic (exact) mass is 257 g/mol. The lowest BCUT2D eigenvalue weighted by atomic mass is 9.82. The second kappa shape index (κ2) is 4.27. The third-order valence-corrected chi connectivity index (χ3v) is 4.95. The summed E-state index contributed by atoms with van der Waals surface area (Å²) >= 11 is 0. The van der Waals surface area contributed by atoms with Gasteiger partial charge >= 0.3 is 0 Å². The lowest BCUT2D eigenvalue weighted by Gasteiger charge is -2.32. The molecule has 2 N–H and O–H groups in total. The molecule has 1 aromatic rings. The summed E-state index contributed by atoms with van der Waals surface area (Å²) in [5.41, 5.74) is 8.95. The largest absolute Gasteiger partial charge is 0.319 e. The first kappa shape index (κ1) is 11.8. The minimum Gasteiger partial charge on any atom is -0.319 e. The van der Waals surface area contributed by atoms with Gasteiger partial charge in [0.2, 0.25) is 0 Å². The van der Waals surface area contributed by atoms with Crippen LogP contribution >= 0.6 is 0 Å². The summed E-state index contributed by atoms with van der Waals surface area (Å²) in [6.45, 7) is 0. The van der Waals surface area contributed by atoms with Gasteiger partial charge in [0.25, 0.3) is 0 Å². The molecule has 0 spiro atoms. The van der Waals surface area contributed by atoms with Crippen molar-refractivity contribution in [2.24, 2.45) is 5.73 Å². The normalized spacial score (nSPS) is 26.4. The van der Waals surface area contributed by atoms with Crippen LogP contribution < -0.4 is 5.73 Å². The van der Waals surface area contributed by atoms with Gasteiger partial charge < -0.3 is 5.73 Å². The van der Waals surface area contributed by atoms with E-state index in [1.807, 2.05) is 0 Å². The first-order valence-corrected chi connectivity index (χ1v) is 7.93. The van der Waals surface area contributed by atoms with Crippen molar-refractivity contribution in [2.75, 3.05) is 0 Å². The van der Waals surface area contributed by atoms with Crippen LogP contribution in [-0.4, -0.2) is 9.97 Å². The second-order valence-electron chi connectivity index (χ2n) is 6.81. The SMILES string of the molecule is NC1(c2nc(C3CC3)cc(C3CC3)n2)CCCCC1. The van der Waals surface area contributed by atoms with E-state index in [0.717, 1.165) is 18.7 Å². The van der Waals surface area contributed by atoms with Crippen molar-refractivity contribution < 1.29 is 0 Å². The van der Waals surface area contributed by atoms with E-state index in [2.05, 4.69) is 6.07 Å². The number of hydrogen-bond acceptors (Lipinski definition) is 3. The zero-order valence-electron chi connectivity index (χ0n) is 11.6. The summed E-state index contributed by atoms with van der Waals surface area (Å²) < 4.78 is 0. The van der Waals surface area contributed by atoms with Crippen LogP contribution in [0.3, 0.4) is 0 Å². The molecule has 3 aliphatic rings.